The van der Waals surface area contributed by atoms with Crippen LogP contribution in [0.3, 0.4) is 0 Å². The lowest BCUT2D eigenvalue weighted by atomic mass is 9.86. The van der Waals surface area contributed by atoms with Crippen LogP contribution in [0, 0.1) is 0 Å². The molecule has 0 radical (unpaired) electrons. The molecule has 0 amide bonds. The summed E-state index contributed by atoms with van der Waals surface area (Å²) in [6.07, 6.45) is 0.653. The number of hydrogen-bond acceptors (Lipinski definition) is 6. The normalized spacial score (nSPS) is 17.5. The molecule has 2 aromatic rings. The van der Waals surface area contributed by atoms with Gasteiger partial charge in [0.25, 0.3) is 0 Å². The number of aliphatic hydroxyl groups excluding tert-OH is 1. The number of rotatable bonds is 8. The van der Waals surface area contributed by atoms with Crippen LogP contribution in [-0.2, 0) is 33.5 Å². The van der Waals surface area contributed by atoms with E-state index in [2.05, 4.69) is 21.0 Å². The van der Waals surface area contributed by atoms with Gasteiger partial charge in [0.15, 0.2) is 6.29 Å². The first-order chi connectivity index (χ1) is 13.5. The molecule has 1 aliphatic rings. The van der Waals surface area contributed by atoms with Crippen molar-refractivity contribution < 1.29 is 24.1 Å². The van der Waals surface area contributed by atoms with Crippen molar-refractivity contribution in [2.24, 2.45) is 7.05 Å². The standard InChI is InChI=1S/C20H27BrN2O5/c1-4-27-19(24)18-17(21)16(22-23(18)2)13-28-15-7-5-14(6-8-15)20(25-3)9-11-26-12-10-20/h5-8,19,24H,4,9-13H2,1-3H3. The highest BCUT2D eigenvalue weighted by Crippen LogP contribution is 2.36. The van der Waals surface area contributed by atoms with Crippen LogP contribution in [0.25, 0.3) is 0 Å². The molecule has 0 spiro atoms. The van der Waals surface area contributed by atoms with Crippen LogP contribution in [0.2, 0.25) is 0 Å². The zero-order chi connectivity index (χ0) is 20.1. The Morgan fingerprint density at radius 1 is 1.29 bits per heavy atom. The summed E-state index contributed by atoms with van der Waals surface area (Å²) in [6.45, 7) is 3.92. The van der Waals surface area contributed by atoms with Gasteiger partial charge in [0.2, 0.25) is 0 Å². The molecule has 1 N–H and O–H groups in total. The van der Waals surface area contributed by atoms with Gasteiger partial charge in [-0.15, -0.1) is 0 Å². The van der Waals surface area contributed by atoms with Crippen molar-refractivity contribution in [3.63, 3.8) is 0 Å². The van der Waals surface area contributed by atoms with Crippen molar-refractivity contribution >= 4 is 15.9 Å². The number of nitrogens with zero attached hydrogens (tertiary/aromatic N) is 2. The van der Waals surface area contributed by atoms with Crippen molar-refractivity contribution in [2.75, 3.05) is 26.9 Å². The first-order valence-corrected chi connectivity index (χ1v) is 10.2. The summed E-state index contributed by atoms with van der Waals surface area (Å²) in [5.74, 6) is 0.742. The predicted octanol–water partition coefficient (Wildman–Crippen LogP) is 3.44. The van der Waals surface area contributed by atoms with Gasteiger partial charge >= 0.3 is 0 Å². The fourth-order valence-corrected chi connectivity index (χ4v) is 4.13. The van der Waals surface area contributed by atoms with Crippen molar-refractivity contribution in [3.05, 3.63) is 45.7 Å². The molecular formula is C20H27BrN2O5. The van der Waals surface area contributed by atoms with Crippen LogP contribution >= 0.6 is 15.9 Å². The molecule has 1 unspecified atom stereocenters. The van der Waals surface area contributed by atoms with Crippen LogP contribution < -0.4 is 4.74 Å². The topological polar surface area (TPSA) is 75.0 Å². The molecule has 7 nitrogen and oxygen atoms in total. The Balaban J connectivity index is 1.68. The second-order valence-corrected chi connectivity index (χ2v) is 7.49. The fraction of sp³-hybridized carbons (Fsp3) is 0.550. The Hall–Kier alpha value is -1.45. The van der Waals surface area contributed by atoms with Crippen molar-refractivity contribution in [3.8, 4) is 5.75 Å². The second kappa shape index (κ2) is 9.37. The quantitative estimate of drug-likeness (QED) is 0.615. The molecule has 1 fully saturated rings. The molecular weight excluding hydrogens is 428 g/mol. The van der Waals surface area contributed by atoms with E-state index in [-0.39, 0.29) is 12.2 Å². The second-order valence-electron chi connectivity index (χ2n) is 6.70. The maximum atomic E-state index is 10.1. The maximum Gasteiger partial charge on any atom is 0.199 e. The number of methoxy groups -OCH3 is 1. The van der Waals surface area contributed by atoms with E-state index in [1.165, 1.54) is 0 Å². The van der Waals surface area contributed by atoms with Gasteiger partial charge in [0.05, 0.1) is 10.1 Å². The molecule has 154 valence electrons. The lowest BCUT2D eigenvalue weighted by Gasteiger charge is -2.36. The Morgan fingerprint density at radius 3 is 2.57 bits per heavy atom. The third-order valence-corrected chi connectivity index (χ3v) is 5.97. The molecule has 28 heavy (non-hydrogen) atoms. The minimum atomic E-state index is -1.03. The average molecular weight is 455 g/mol. The Morgan fingerprint density at radius 2 is 1.96 bits per heavy atom. The zero-order valence-corrected chi connectivity index (χ0v) is 18.1. The monoisotopic (exact) mass is 454 g/mol. The van der Waals surface area contributed by atoms with E-state index in [9.17, 15) is 5.11 Å². The zero-order valence-electron chi connectivity index (χ0n) is 16.5. The molecule has 0 bridgehead atoms. The van der Waals surface area contributed by atoms with E-state index in [1.807, 2.05) is 31.2 Å². The van der Waals surface area contributed by atoms with Gasteiger partial charge in [0, 0.05) is 46.8 Å². The van der Waals surface area contributed by atoms with Crippen molar-refractivity contribution in [1.29, 1.82) is 0 Å². The number of ether oxygens (including phenoxy) is 4. The minimum absolute atomic E-state index is 0.274. The molecule has 2 heterocycles. The molecule has 3 rings (SSSR count). The van der Waals surface area contributed by atoms with E-state index >= 15 is 0 Å². The van der Waals surface area contributed by atoms with Crippen LogP contribution in [0.5, 0.6) is 5.75 Å². The number of aryl methyl sites for hydroxylation is 1. The van der Waals surface area contributed by atoms with E-state index in [0.717, 1.165) is 24.2 Å². The van der Waals surface area contributed by atoms with Gasteiger partial charge < -0.3 is 24.1 Å². The van der Waals surface area contributed by atoms with Gasteiger partial charge in [0.1, 0.15) is 23.7 Å². The number of aromatic nitrogens is 2. The smallest absolute Gasteiger partial charge is 0.199 e. The van der Waals surface area contributed by atoms with Crippen LogP contribution in [0.15, 0.2) is 28.7 Å². The Bertz CT molecular complexity index is 772. The summed E-state index contributed by atoms with van der Waals surface area (Å²) >= 11 is 3.49. The van der Waals surface area contributed by atoms with E-state index < -0.39 is 6.29 Å². The molecule has 1 saturated heterocycles. The summed E-state index contributed by atoms with van der Waals surface area (Å²) in [4.78, 5) is 0. The maximum absolute atomic E-state index is 10.1. The highest BCUT2D eigenvalue weighted by Gasteiger charge is 2.34. The lowest BCUT2D eigenvalue weighted by Crippen LogP contribution is -2.35. The fourth-order valence-electron chi connectivity index (χ4n) is 3.48. The van der Waals surface area contributed by atoms with Gasteiger partial charge in [-0.3, -0.25) is 4.68 Å². The summed E-state index contributed by atoms with van der Waals surface area (Å²) < 4.78 is 24.7. The first-order valence-electron chi connectivity index (χ1n) is 9.38. The molecule has 0 aliphatic carbocycles. The summed E-state index contributed by atoms with van der Waals surface area (Å²) in [5, 5.41) is 14.5. The van der Waals surface area contributed by atoms with E-state index in [1.54, 1.807) is 18.8 Å². The molecule has 1 aromatic carbocycles. The molecule has 8 heteroatoms. The molecule has 1 aromatic heterocycles. The summed E-state index contributed by atoms with van der Waals surface area (Å²) in [6, 6.07) is 7.97. The average Bonchev–Trinajstić information content (AvgIpc) is 3.00. The number of benzene rings is 1. The number of hydrogen-bond donors (Lipinski definition) is 1. The largest absolute Gasteiger partial charge is 0.487 e. The van der Waals surface area contributed by atoms with Crippen LogP contribution in [0.4, 0.5) is 0 Å². The Labute approximate surface area is 173 Å². The molecule has 1 aliphatic heterocycles. The molecule has 0 saturated carbocycles. The van der Waals surface area contributed by atoms with E-state index in [4.69, 9.17) is 18.9 Å². The summed E-state index contributed by atoms with van der Waals surface area (Å²) in [7, 11) is 3.52. The van der Waals surface area contributed by atoms with E-state index in [0.29, 0.717) is 35.7 Å². The highest BCUT2D eigenvalue weighted by atomic mass is 79.9. The van der Waals surface area contributed by atoms with Gasteiger partial charge in [-0.25, -0.2) is 0 Å². The third kappa shape index (κ3) is 4.41. The van der Waals surface area contributed by atoms with Gasteiger partial charge in [-0.05, 0) is 40.5 Å². The highest BCUT2D eigenvalue weighted by molar-refractivity contribution is 9.10. The minimum Gasteiger partial charge on any atom is -0.487 e. The number of aliphatic hydroxyl groups is 1. The van der Waals surface area contributed by atoms with Crippen molar-refractivity contribution in [1.82, 2.24) is 9.78 Å². The molecule has 1 atom stereocenters. The van der Waals surface area contributed by atoms with Crippen molar-refractivity contribution in [2.45, 2.75) is 38.3 Å². The van der Waals surface area contributed by atoms with Crippen LogP contribution in [0.1, 0.15) is 43.0 Å². The SMILES string of the molecule is CCOC(O)c1c(Br)c(COc2ccc(C3(OC)CCOCC3)cc2)nn1C. The van der Waals surface area contributed by atoms with Gasteiger partial charge in [-0.2, -0.15) is 5.10 Å². The first kappa shape index (κ1) is 21.3. The Kier molecular flexibility index (Phi) is 7.11. The number of halogens is 1. The van der Waals surface area contributed by atoms with Gasteiger partial charge in [-0.1, -0.05) is 12.1 Å². The van der Waals surface area contributed by atoms with Crippen LogP contribution in [-0.4, -0.2) is 41.8 Å². The third-order valence-electron chi connectivity index (χ3n) is 5.10. The predicted molar refractivity (Wildman–Crippen MR) is 107 cm³/mol. The summed E-state index contributed by atoms with van der Waals surface area (Å²) in [5.41, 5.74) is 2.10. The lowest BCUT2D eigenvalue weighted by molar-refractivity contribution is -0.103.